The Kier molecular flexibility index (Phi) is 5.95. The molecule has 0 spiro atoms. The maximum absolute atomic E-state index is 3.97. The second-order valence-corrected chi connectivity index (χ2v) is 8.16. The molecule has 1 nitrogen and oxygen atoms in total. The number of nitrogens with one attached hydrogen (secondary N) is 1. The van der Waals surface area contributed by atoms with Gasteiger partial charge in [-0.2, -0.15) is 0 Å². The van der Waals surface area contributed by atoms with Crippen LogP contribution in [0.25, 0.3) is 0 Å². The number of hydrogen-bond donors (Lipinski definition) is 1. The molecule has 20 heavy (non-hydrogen) atoms. The molecule has 2 unspecified atom stereocenters. The molecular formula is C19H37N. The summed E-state index contributed by atoms with van der Waals surface area (Å²) in [5.74, 6) is 2.89. The van der Waals surface area contributed by atoms with Crippen LogP contribution in [0, 0.1) is 23.2 Å². The van der Waals surface area contributed by atoms with Crippen LogP contribution in [0.4, 0.5) is 0 Å². The SMILES string of the molecule is CCCNC(C1CCC(CC)CC1)C1CCCC1(C)C. The minimum absolute atomic E-state index is 0.563. The summed E-state index contributed by atoms with van der Waals surface area (Å²) in [6, 6.07) is 0.797. The quantitative estimate of drug-likeness (QED) is 0.686. The van der Waals surface area contributed by atoms with Crippen LogP contribution in [0.3, 0.4) is 0 Å². The molecular weight excluding hydrogens is 242 g/mol. The van der Waals surface area contributed by atoms with E-state index in [0.717, 1.165) is 23.8 Å². The third kappa shape index (κ3) is 3.78. The summed E-state index contributed by atoms with van der Waals surface area (Å²) in [5.41, 5.74) is 0.563. The van der Waals surface area contributed by atoms with Crippen molar-refractivity contribution in [2.45, 2.75) is 91.5 Å². The van der Waals surface area contributed by atoms with Crippen molar-refractivity contribution in [2.24, 2.45) is 23.2 Å². The lowest BCUT2D eigenvalue weighted by atomic mass is 9.68. The molecule has 2 aliphatic rings. The van der Waals surface area contributed by atoms with Crippen LogP contribution in [-0.2, 0) is 0 Å². The number of rotatable bonds is 6. The molecule has 0 aromatic carbocycles. The monoisotopic (exact) mass is 279 g/mol. The Balaban J connectivity index is 2.00. The average Bonchev–Trinajstić information content (AvgIpc) is 2.80. The van der Waals surface area contributed by atoms with Crippen LogP contribution in [-0.4, -0.2) is 12.6 Å². The molecule has 0 aromatic rings. The van der Waals surface area contributed by atoms with Gasteiger partial charge in [0.15, 0.2) is 0 Å². The standard InChI is InChI=1S/C19H37N/c1-5-14-20-18(17-8-7-13-19(17,3)4)16-11-9-15(6-2)10-12-16/h15-18,20H,5-14H2,1-4H3. The maximum atomic E-state index is 3.97. The molecule has 0 radical (unpaired) electrons. The van der Waals surface area contributed by atoms with Gasteiger partial charge in [-0.15, -0.1) is 0 Å². The second kappa shape index (κ2) is 7.29. The zero-order valence-corrected chi connectivity index (χ0v) is 14.4. The molecule has 1 N–H and O–H groups in total. The van der Waals surface area contributed by atoms with Crippen molar-refractivity contribution in [3.63, 3.8) is 0 Å². The summed E-state index contributed by atoms with van der Waals surface area (Å²) in [5, 5.41) is 3.97. The van der Waals surface area contributed by atoms with Crippen molar-refractivity contribution in [3.05, 3.63) is 0 Å². The molecule has 2 rings (SSSR count). The van der Waals surface area contributed by atoms with Crippen molar-refractivity contribution in [1.29, 1.82) is 0 Å². The fourth-order valence-corrected chi connectivity index (χ4v) is 4.92. The smallest absolute Gasteiger partial charge is 0.0129 e. The molecule has 2 aliphatic carbocycles. The number of hydrogen-bond acceptors (Lipinski definition) is 1. The van der Waals surface area contributed by atoms with Crippen LogP contribution >= 0.6 is 0 Å². The molecule has 1 heteroatoms. The largest absolute Gasteiger partial charge is 0.313 e. The fourth-order valence-electron chi connectivity index (χ4n) is 4.92. The van der Waals surface area contributed by atoms with E-state index >= 15 is 0 Å². The Bertz CT molecular complexity index is 275. The van der Waals surface area contributed by atoms with E-state index in [4.69, 9.17) is 0 Å². The molecule has 0 aromatic heterocycles. The fraction of sp³-hybridized carbons (Fsp3) is 1.00. The van der Waals surface area contributed by atoms with Gasteiger partial charge in [-0.1, -0.05) is 53.4 Å². The van der Waals surface area contributed by atoms with E-state index in [1.165, 1.54) is 64.3 Å². The van der Waals surface area contributed by atoms with Gasteiger partial charge < -0.3 is 5.32 Å². The summed E-state index contributed by atoms with van der Waals surface area (Å²) >= 11 is 0. The first kappa shape index (κ1) is 16.3. The van der Waals surface area contributed by atoms with E-state index in [2.05, 4.69) is 33.0 Å². The molecule has 0 amide bonds. The lowest BCUT2D eigenvalue weighted by molar-refractivity contribution is 0.118. The molecule has 2 fully saturated rings. The van der Waals surface area contributed by atoms with Crippen LogP contribution in [0.5, 0.6) is 0 Å². The Morgan fingerprint density at radius 1 is 1.05 bits per heavy atom. The first-order valence-electron chi connectivity index (χ1n) is 9.31. The van der Waals surface area contributed by atoms with Crippen molar-refractivity contribution in [1.82, 2.24) is 5.32 Å². The van der Waals surface area contributed by atoms with Gasteiger partial charge in [0.05, 0.1) is 0 Å². The summed E-state index contributed by atoms with van der Waals surface area (Å²) in [4.78, 5) is 0. The van der Waals surface area contributed by atoms with Crippen LogP contribution in [0.15, 0.2) is 0 Å². The topological polar surface area (TPSA) is 12.0 Å². The van der Waals surface area contributed by atoms with Crippen molar-refractivity contribution in [2.75, 3.05) is 6.54 Å². The summed E-state index contributed by atoms with van der Waals surface area (Å²) in [7, 11) is 0. The Labute approximate surface area is 127 Å². The second-order valence-electron chi connectivity index (χ2n) is 8.16. The van der Waals surface area contributed by atoms with Crippen molar-refractivity contribution in [3.8, 4) is 0 Å². The Morgan fingerprint density at radius 3 is 2.25 bits per heavy atom. The lowest BCUT2D eigenvalue weighted by Gasteiger charge is -2.42. The molecule has 0 saturated heterocycles. The van der Waals surface area contributed by atoms with Gasteiger partial charge in [0.2, 0.25) is 0 Å². The van der Waals surface area contributed by atoms with Gasteiger partial charge in [-0.25, -0.2) is 0 Å². The first-order chi connectivity index (χ1) is 9.58. The van der Waals surface area contributed by atoms with E-state index in [1.807, 2.05) is 0 Å². The summed E-state index contributed by atoms with van der Waals surface area (Å²) in [6.07, 6.45) is 12.9. The highest BCUT2D eigenvalue weighted by Crippen LogP contribution is 2.48. The van der Waals surface area contributed by atoms with E-state index in [0.29, 0.717) is 5.41 Å². The summed E-state index contributed by atoms with van der Waals surface area (Å²) < 4.78 is 0. The molecule has 118 valence electrons. The predicted octanol–water partition coefficient (Wildman–Crippen LogP) is 5.40. The van der Waals surface area contributed by atoms with E-state index in [1.54, 1.807) is 0 Å². The van der Waals surface area contributed by atoms with E-state index in [9.17, 15) is 0 Å². The van der Waals surface area contributed by atoms with Gasteiger partial charge in [0.25, 0.3) is 0 Å². The average molecular weight is 280 g/mol. The highest BCUT2D eigenvalue weighted by Gasteiger charge is 2.42. The van der Waals surface area contributed by atoms with Crippen LogP contribution in [0.2, 0.25) is 0 Å². The predicted molar refractivity (Wildman–Crippen MR) is 88.9 cm³/mol. The van der Waals surface area contributed by atoms with Crippen molar-refractivity contribution >= 4 is 0 Å². The van der Waals surface area contributed by atoms with Gasteiger partial charge in [-0.3, -0.25) is 0 Å². The van der Waals surface area contributed by atoms with E-state index in [-0.39, 0.29) is 0 Å². The molecule has 0 heterocycles. The Hall–Kier alpha value is -0.0400. The van der Waals surface area contributed by atoms with Crippen LogP contribution < -0.4 is 5.32 Å². The Morgan fingerprint density at radius 2 is 1.75 bits per heavy atom. The highest BCUT2D eigenvalue weighted by molar-refractivity contribution is 4.96. The normalized spacial score (nSPS) is 35.1. The zero-order chi connectivity index (χ0) is 14.6. The third-order valence-electron chi connectivity index (χ3n) is 6.38. The van der Waals surface area contributed by atoms with Gasteiger partial charge in [0, 0.05) is 6.04 Å². The van der Waals surface area contributed by atoms with Gasteiger partial charge >= 0.3 is 0 Å². The molecule has 0 bridgehead atoms. The molecule has 0 aliphatic heterocycles. The van der Waals surface area contributed by atoms with E-state index < -0.39 is 0 Å². The molecule has 2 atom stereocenters. The van der Waals surface area contributed by atoms with Gasteiger partial charge in [-0.05, 0) is 61.8 Å². The third-order valence-corrected chi connectivity index (χ3v) is 6.38. The van der Waals surface area contributed by atoms with Crippen LogP contribution in [0.1, 0.15) is 85.5 Å². The maximum Gasteiger partial charge on any atom is 0.0129 e. The lowest BCUT2D eigenvalue weighted by Crippen LogP contribution is -2.47. The van der Waals surface area contributed by atoms with Crippen molar-refractivity contribution < 1.29 is 0 Å². The highest BCUT2D eigenvalue weighted by atomic mass is 14.9. The molecule has 2 saturated carbocycles. The van der Waals surface area contributed by atoms with Gasteiger partial charge in [0.1, 0.15) is 0 Å². The zero-order valence-electron chi connectivity index (χ0n) is 14.4. The minimum atomic E-state index is 0.563. The first-order valence-corrected chi connectivity index (χ1v) is 9.31. The minimum Gasteiger partial charge on any atom is -0.313 e. The summed E-state index contributed by atoms with van der Waals surface area (Å²) in [6.45, 7) is 10.9.